The van der Waals surface area contributed by atoms with Gasteiger partial charge in [0, 0.05) is 33.8 Å². The Morgan fingerprint density at radius 3 is 1.59 bits per heavy atom. The molecule has 2 nitrogen and oxygen atoms in total. The predicted molar refractivity (Wildman–Crippen MR) is 253 cm³/mol. The maximum absolute atomic E-state index is 2.93. The molecule has 0 saturated heterocycles. The summed E-state index contributed by atoms with van der Waals surface area (Å²) in [6.45, 7) is 0. The lowest BCUT2D eigenvalue weighted by Gasteiger charge is -2.45. The van der Waals surface area contributed by atoms with Gasteiger partial charge in [0.25, 0.3) is 0 Å². The molecular weight excluding hydrogens is 729 g/mol. The van der Waals surface area contributed by atoms with Crippen molar-refractivity contribution in [3.63, 3.8) is 0 Å². The van der Waals surface area contributed by atoms with E-state index in [1.165, 1.54) is 64.8 Å². The number of hydrogen-bond acceptors (Lipinski definition) is 2. The number of fused-ring (bicyclic) bond motifs is 4. The molecule has 0 N–H and O–H groups in total. The molecule has 0 aliphatic carbocycles. The minimum atomic E-state index is -2.93. The lowest BCUT2D eigenvalue weighted by Crippen LogP contribution is -2.77. The molecular formula is C56H40N2Si. The summed E-state index contributed by atoms with van der Waals surface area (Å²) in [6, 6.07) is 89.6. The van der Waals surface area contributed by atoms with Crippen molar-refractivity contribution >= 4 is 84.5 Å². The van der Waals surface area contributed by atoms with Gasteiger partial charge >= 0.3 is 0 Å². The molecule has 0 saturated carbocycles. The van der Waals surface area contributed by atoms with Crippen LogP contribution in [-0.4, -0.2) is 8.07 Å². The second-order valence-corrected chi connectivity index (χ2v) is 19.0. The van der Waals surface area contributed by atoms with E-state index in [4.69, 9.17) is 0 Å². The van der Waals surface area contributed by atoms with Gasteiger partial charge in [-0.25, -0.2) is 0 Å². The van der Waals surface area contributed by atoms with Gasteiger partial charge in [0.1, 0.15) is 0 Å². The van der Waals surface area contributed by atoms with Crippen LogP contribution < -0.4 is 30.5 Å². The van der Waals surface area contributed by atoms with Crippen LogP contribution in [-0.2, 0) is 0 Å². The van der Waals surface area contributed by atoms with Gasteiger partial charge in [-0.05, 0) is 103 Å². The van der Waals surface area contributed by atoms with Gasteiger partial charge in [-0.2, -0.15) is 0 Å². The highest BCUT2D eigenvalue weighted by molar-refractivity contribution is 7.21. The molecule has 0 atom stereocenters. The molecule has 0 radical (unpaired) electrons. The number of rotatable bonds is 7. The van der Waals surface area contributed by atoms with Crippen LogP contribution in [0.5, 0.6) is 0 Å². The van der Waals surface area contributed by atoms with E-state index >= 15 is 0 Å². The average molecular weight is 769 g/mol. The number of anilines is 6. The molecule has 1 aliphatic heterocycles. The van der Waals surface area contributed by atoms with Gasteiger partial charge < -0.3 is 9.80 Å². The highest BCUT2D eigenvalue weighted by atomic mass is 28.3. The van der Waals surface area contributed by atoms with E-state index in [0.717, 1.165) is 22.7 Å². The van der Waals surface area contributed by atoms with E-state index < -0.39 is 8.07 Å². The molecule has 0 spiro atoms. The smallest absolute Gasteiger partial charge is 0.184 e. The second-order valence-electron chi connectivity index (χ2n) is 15.3. The summed E-state index contributed by atoms with van der Waals surface area (Å²) < 4.78 is 0. The lowest BCUT2D eigenvalue weighted by atomic mass is 9.98. The summed E-state index contributed by atoms with van der Waals surface area (Å²) >= 11 is 0. The first-order chi connectivity index (χ1) is 29.3. The molecule has 0 unspecified atom stereocenters. The third kappa shape index (κ3) is 5.70. The van der Waals surface area contributed by atoms with Crippen LogP contribution in [0.2, 0.25) is 0 Å². The van der Waals surface area contributed by atoms with E-state index in [1.807, 2.05) is 0 Å². The lowest BCUT2D eigenvalue weighted by molar-refractivity contribution is 1.27. The maximum atomic E-state index is 2.52. The van der Waals surface area contributed by atoms with Crippen LogP contribution in [0.25, 0.3) is 32.7 Å². The molecule has 0 aromatic heterocycles. The van der Waals surface area contributed by atoms with Crippen molar-refractivity contribution in [1.82, 2.24) is 0 Å². The zero-order chi connectivity index (χ0) is 39.2. The summed E-state index contributed by atoms with van der Waals surface area (Å²) in [5.41, 5.74) is 9.39. The Balaban J connectivity index is 1.20. The van der Waals surface area contributed by atoms with Crippen LogP contribution in [0.15, 0.2) is 243 Å². The highest BCUT2D eigenvalue weighted by Crippen LogP contribution is 2.43. The minimum Gasteiger partial charge on any atom is -0.311 e. The van der Waals surface area contributed by atoms with Gasteiger partial charge in [-0.1, -0.05) is 188 Å². The van der Waals surface area contributed by atoms with Crippen molar-refractivity contribution in [2.24, 2.45) is 0 Å². The number of hydrogen-bond donors (Lipinski definition) is 0. The number of para-hydroxylation sites is 2. The van der Waals surface area contributed by atoms with E-state index in [-0.39, 0.29) is 0 Å². The van der Waals surface area contributed by atoms with Crippen molar-refractivity contribution in [2.75, 3.05) is 9.80 Å². The zero-order valence-corrected chi connectivity index (χ0v) is 33.5. The molecule has 0 fully saturated rings. The van der Waals surface area contributed by atoms with Crippen molar-refractivity contribution in [3.8, 4) is 11.1 Å². The summed E-state index contributed by atoms with van der Waals surface area (Å²) in [4.78, 5) is 4.95. The summed E-state index contributed by atoms with van der Waals surface area (Å²) in [5.74, 6) is 0. The Bertz CT molecular complexity index is 3060. The molecule has 0 bridgehead atoms. The largest absolute Gasteiger partial charge is 0.311 e. The van der Waals surface area contributed by atoms with E-state index in [0.29, 0.717) is 0 Å². The third-order valence-electron chi connectivity index (χ3n) is 12.1. The normalized spacial score (nSPS) is 12.8. The summed E-state index contributed by atoms with van der Waals surface area (Å²) in [5, 5.41) is 10.4. The SMILES string of the molecule is c1ccc(N2c3ccccc3[Si](c3ccccc3)(c3ccccc3)c3cc(N(c4ccc(-c5cccc6ccccc56)cc4)c4cccc5ccccc45)ccc32)cc1. The fourth-order valence-corrected chi connectivity index (χ4v) is 14.7. The minimum absolute atomic E-state index is 1.10. The van der Waals surface area contributed by atoms with Crippen LogP contribution in [0.1, 0.15) is 0 Å². The van der Waals surface area contributed by atoms with Gasteiger partial charge in [0.15, 0.2) is 8.07 Å². The second kappa shape index (κ2) is 14.5. The monoisotopic (exact) mass is 768 g/mol. The summed E-state index contributed by atoms with van der Waals surface area (Å²) in [7, 11) is -2.93. The molecule has 59 heavy (non-hydrogen) atoms. The van der Waals surface area contributed by atoms with Crippen LogP contribution in [0.3, 0.4) is 0 Å². The molecule has 3 heteroatoms. The highest BCUT2D eigenvalue weighted by Gasteiger charge is 2.49. The van der Waals surface area contributed by atoms with E-state index in [2.05, 4.69) is 252 Å². The Labute approximate surface area is 346 Å². The molecule has 278 valence electrons. The Morgan fingerprint density at radius 2 is 0.881 bits per heavy atom. The maximum Gasteiger partial charge on any atom is 0.184 e. The van der Waals surface area contributed by atoms with Crippen LogP contribution in [0.4, 0.5) is 34.1 Å². The molecule has 1 heterocycles. The molecule has 10 aromatic carbocycles. The Morgan fingerprint density at radius 1 is 0.356 bits per heavy atom. The van der Waals surface area contributed by atoms with Gasteiger partial charge in [-0.15, -0.1) is 0 Å². The van der Waals surface area contributed by atoms with Crippen molar-refractivity contribution < 1.29 is 0 Å². The van der Waals surface area contributed by atoms with Crippen molar-refractivity contribution in [1.29, 1.82) is 0 Å². The van der Waals surface area contributed by atoms with E-state index in [9.17, 15) is 0 Å². The fraction of sp³-hybridized carbons (Fsp3) is 0. The Hall–Kier alpha value is -7.46. The zero-order valence-electron chi connectivity index (χ0n) is 32.5. The van der Waals surface area contributed by atoms with Gasteiger partial charge in [0.05, 0.1) is 5.69 Å². The summed E-state index contributed by atoms with van der Waals surface area (Å²) in [6.07, 6.45) is 0. The molecule has 1 aliphatic rings. The van der Waals surface area contributed by atoms with Crippen LogP contribution >= 0.6 is 0 Å². The Kier molecular flexibility index (Phi) is 8.53. The number of nitrogens with zero attached hydrogens (tertiary/aromatic N) is 2. The van der Waals surface area contributed by atoms with Crippen LogP contribution in [0, 0.1) is 0 Å². The topological polar surface area (TPSA) is 6.48 Å². The van der Waals surface area contributed by atoms with Crippen molar-refractivity contribution in [2.45, 2.75) is 0 Å². The molecule has 11 rings (SSSR count). The fourth-order valence-electron chi connectivity index (χ4n) is 9.54. The first-order valence-electron chi connectivity index (χ1n) is 20.4. The van der Waals surface area contributed by atoms with Gasteiger partial charge in [0.2, 0.25) is 0 Å². The molecule has 0 amide bonds. The van der Waals surface area contributed by atoms with Crippen molar-refractivity contribution in [3.05, 3.63) is 243 Å². The predicted octanol–water partition coefficient (Wildman–Crippen LogP) is 12.3. The van der Waals surface area contributed by atoms with Gasteiger partial charge in [-0.3, -0.25) is 0 Å². The standard InChI is InChI=1S/C56H40N2Si/c1-4-22-44(23-5-1)58-53-31-14-15-33-55(53)59(47-24-6-2-7-25-47,48-26-8-3-9-27-48)56-40-46(38-39-54(56)58)57(52-32-17-21-42-19-11-13-29-51(42)52)45-36-34-43(35-37-45)50-30-16-20-41-18-10-12-28-49(41)50/h1-40H. The first kappa shape index (κ1) is 34.8. The van der Waals surface area contributed by atoms with E-state index in [1.54, 1.807) is 0 Å². The quantitative estimate of drug-likeness (QED) is 0.149. The number of benzene rings is 10. The first-order valence-corrected chi connectivity index (χ1v) is 22.4. The molecule has 10 aromatic rings. The third-order valence-corrected chi connectivity index (χ3v) is 16.9. The average Bonchev–Trinajstić information content (AvgIpc) is 3.32.